The van der Waals surface area contributed by atoms with Crippen molar-refractivity contribution in [2.75, 3.05) is 6.54 Å². The number of hydrogen-bond donors (Lipinski definition) is 1. The van der Waals surface area contributed by atoms with Crippen molar-refractivity contribution < 1.29 is 4.74 Å². The van der Waals surface area contributed by atoms with Crippen molar-refractivity contribution in [1.29, 1.82) is 0 Å². The highest BCUT2D eigenvalue weighted by molar-refractivity contribution is 5.36. The van der Waals surface area contributed by atoms with E-state index in [2.05, 4.69) is 58.1 Å². The van der Waals surface area contributed by atoms with Crippen LogP contribution in [0, 0.1) is 16.7 Å². The minimum atomic E-state index is 0.398. The molecule has 2 nitrogen and oxygen atoms in total. The number of benzene rings is 1. The lowest BCUT2D eigenvalue weighted by Gasteiger charge is -2.21. The van der Waals surface area contributed by atoms with Gasteiger partial charge in [-0.05, 0) is 40.0 Å². The predicted molar refractivity (Wildman–Crippen MR) is 82.4 cm³/mol. The Morgan fingerprint density at radius 3 is 2.40 bits per heavy atom. The van der Waals surface area contributed by atoms with Crippen LogP contribution in [0.15, 0.2) is 18.2 Å². The van der Waals surface area contributed by atoms with E-state index in [0.29, 0.717) is 22.8 Å². The number of rotatable bonds is 4. The van der Waals surface area contributed by atoms with E-state index in [1.165, 1.54) is 16.7 Å². The average Bonchev–Trinajstić information content (AvgIpc) is 2.73. The first-order chi connectivity index (χ1) is 9.39. The number of ether oxygens (including phenoxy) is 1. The summed E-state index contributed by atoms with van der Waals surface area (Å²) in [5, 5.41) is 3.72. The second-order valence-electron chi connectivity index (χ2n) is 7.48. The van der Waals surface area contributed by atoms with Gasteiger partial charge < -0.3 is 10.1 Å². The van der Waals surface area contributed by atoms with Crippen molar-refractivity contribution in [3.63, 3.8) is 0 Å². The SMILES string of the molecule is CCNC(c1ccc2c(c1)COC2)C1C(C)(C)C1(C)C. The Hall–Kier alpha value is -0.860. The van der Waals surface area contributed by atoms with Gasteiger partial charge in [0, 0.05) is 6.04 Å². The van der Waals surface area contributed by atoms with Crippen molar-refractivity contribution in [2.24, 2.45) is 16.7 Å². The van der Waals surface area contributed by atoms with E-state index in [-0.39, 0.29) is 0 Å². The summed E-state index contributed by atoms with van der Waals surface area (Å²) in [6.45, 7) is 14.4. The molecule has 1 aromatic carbocycles. The highest BCUT2D eigenvalue weighted by Gasteiger charge is 2.67. The second kappa shape index (κ2) is 4.57. The van der Waals surface area contributed by atoms with Gasteiger partial charge >= 0.3 is 0 Å². The summed E-state index contributed by atoms with van der Waals surface area (Å²) >= 11 is 0. The molecule has 20 heavy (non-hydrogen) atoms. The zero-order valence-corrected chi connectivity index (χ0v) is 13.4. The number of fused-ring (bicyclic) bond motifs is 1. The van der Waals surface area contributed by atoms with Crippen molar-refractivity contribution in [2.45, 2.75) is 53.9 Å². The fraction of sp³-hybridized carbons (Fsp3) is 0.667. The average molecular weight is 273 g/mol. The van der Waals surface area contributed by atoms with E-state index in [4.69, 9.17) is 4.74 Å². The quantitative estimate of drug-likeness (QED) is 0.893. The molecule has 0 radical (unpaired) electrons. The Kier molecular flexibility index (Phi) is 3.22. The number of hydrogen-bond acceptors (Lipinski definition) is 2. The van der Waals surface area contributed by atoms with Crippen molar-refractivity contribution >= 4 is 0 Å². The Bertz CT molecular complexity index is 504. The van der Waals surface area contributed by atoms with Crippen LogP contribution >= 0.6 is 0 Å². The van der Waals surface area contributed by atoms with Crippen LogP contribution in [-0.4, -0.2) is 6.54 Å². The number of nitrogens with one attached hydrogen (secondary N) is 1. The Labute approximate surface area is 122 Å². The lowest BCUT2D eigenvalue weighted by Crippen LogP contribution is -2.25. The van der Waals surface area contributed by atoms with E-state index < -0.39 is 0 Å². The molecule has 1 heterocycles. The smallest absolute Gasteiger partial charge is 0.0725 e. The van der Waals surface area contributed by atoms with E-state index in [1.54, 1.807) is 0 Å². The van der Waals surface area contributed by atoms with E-state index in [1.807, 2.05) is 0 Å². The summed E-state index contributed by atoms with van der Waals surface area (Å²) in [5.41, 5.74) is 4.96. The standard InChI is InChI=1S/C18H27NO/c1-6-19-15(16-17(2,3)18(16,4)5)12-7-8-13-10-20-11-14(13)9-12/h7-9,15-16,19H,6,10-11H2,1-5H3. The lowest BCUT2D eigenvalue weighted by atomic mass is 9.94. The maximum atomic E-state index is 5.55. The van der Waals surface area contributed by atoms with Crippen LogP contribution in [0.2, 0.25) is 0 Å². The van der Waals surface area contributed by atoms with E-state index in [0.717, 1.165) is 19.8 Å². The molecule has 1 unspecified atom stereocenters. The fourth-order valence-corrected chi connectivity index (χ4v) is 4.11. The highest BCUT2D eigenvalue weighted by atomic mass is 16.5. The molecule has 0 saturated heterocycles. The summed E-state index contributed by atoms with van der Waals surface area (Å²) in [6, 6.07) is 7.37. The molecule has 1 atom stereocenters. The maximum absolute atomic E-state index is 5.55. The largest absolute Gasteiger partial charge is 0.372 e. The molecule has 1 aromatic rings. The Balaban J connectivity index is 1.92. The van der Waals surface area contributed by atoms with Gasteiger partial charge in [-0.25, -0.2) is 0 Å². The summed E-state index contributed by atoms with van der Waals surface area (Å²) < 4.78 is 5.55. The minimum absolute atomic E-state index is 0.398. The van der Waals surface area contributed by atoms with Crippen LogP contribution in [0.3, 0.4) is 0 Å². The van der Waals surface area contributed by atoms with Gasteiger partial charge in [-0.2, -0.15) is 0 Å². The van der Waals surface area contributed by atoms with Gasteiger partial charge in [0.1, 0.15) is 0 Å². The van der Waals surface area contributed by atoms with E-state index in [9.17, 15) is 0 Å². The Morgan fingerprint density at radius 2 is 1.80 bits per heavy atom. The molecular weight excluding hydrogens is 246 g/mol. The molecule has 3 rings (SSSR count). The fourth-order valence-electron chi connectivity index (χ4n) is 4.11. The van der Waals surface area contributed by atoms with Crippen molar-refractivity contribution in [3.8, 4) is 0 Å². The molecule has 0 bridgehead atoms. The third kappa shape index (κ3) is 1.93. The maximum Gasteiger partial charge on any atom is 0.0725 e. The van der Waals surface area contributed by atoms with Crippen LogP contribution < -0.4 is 5.32 Å². The summed E-state index contributed by atoms with van der Waals surface area (Å²) in [4.78, 5) is 0. The zero-order chi connectivity index (χ0) is 14.5. The van der Waals surface area contributed by atoms with Crippen molar-refractivity contribution in [3.05, 3.63) is 34.9 Å². The molecular formula is C18H27NO. The van der Waals surface area contributed by atoms with Gasteiger partial charge in [-0.1, -0.05) is 52.8 Å². The molecule has 1 fully saturated rings. The normalized spacial score (nSPS) is 24.4. The van der Waals surface area contributed by atoms with E-state index >= 15 is 0 Å². The molecule has 0 amide bonds. The molecule has 1 aliphatic carbocycles. The van der Waals surface area contributed by atoms with Gasteiger partial charge in [0.25, 0.3) is 0 Å². The van der Waals surface area contributed by atoms with Gasteiger partial charge in [0.15, 0.2) is 0 Å². The first kappa shape index (κ1) is 14.1. The monoisotopic (exact) mass is 273 g/mol. The van der Waals surface area contributed by atoms with Crippen molar-refractivity contribution in [1.82, 2.24) is 5.32 Å². The molecule has 2 heteroatoms. The minimum Gasteiger partial charge on any atom is -0.372 e. The van der Waals surface area contributed by atoms with Gasteiger partial charge in [0.05, 0.1) is 13.2 Å². The highest BCUT2D eigenvalue weighted by Crippen LogP contribution is 2.72. The molecule has 1 N–H and O–H groups in total. The topological polar surface area (TPSA) is 21.3 Å². The summed E-state index contributed by atoms with van der Waals surface area (Å²) in [5.74, 6) is 0.690. The second-order valence-corrected chi connectivity index (χ2v) is 7.48. The molecule has 0 aromatic heterocycles. The van der Waals surface area contributed by atoms with Gasteiger partial charge in [-0.15, -0.1) is 0 Å². The predicted octanol–water partition coefficient (Wildman–Crippen LogP) is 4.05. The third-order valence-electron chi connectivity index (χ3n) is 5.99. The Morgan fingerprint density at radius 1 is 1.15 bits per heavy atom. The van der Waals surface area contributed by atoms with Crippen LogP contribution in [-0.2, 0) is 18.0 Å². The van der Waals surface area contributed by atoms with Crippen LogP contribution in [0.25, 0.3) is 0 Å². The van der Waals surface area contributed by atoms with Gasteiger partial charge in [-0.3, -0.25) is 0 Å². The first-order valence-corrected chi connectivity index (χ1v) is 7.82. The van der Waals surface area contributed by atoms with Crippen LogP contribution in [0.5, 0.6) is 0 Å². The first-order valence-electron chi connectivity index (χ1n) is 7.82. The molecule has 1 aliphatic heterocycles. The van der Waals surface area contributed by atoms with Gasteiger partial charge in [0.2, 0.25) is 0 Å². The summed E-state index contributed by atoms with van der Waals surface area (Å²) in [7, 11) is 0. The molecule has 2 aliphatic rings. The zero-order valence-electron chi connectivity index (χ0n) is 13.4. The van der Waals surface area contributed by atoms with Crippen LogP contribution in [0.1, 0.15) is 57.4 Å². The molecule has 110 valence electrons. The summed E-state index contributed by atoms with van der Waals surface area (Å²) in [6.07, 6.45) is 0. The van der Waals surface area contributed by atoms with Crippen LogP contribution in [0.4, 0.5) is 0 Å². The molecule has 0 spiro atoms. The molecule has 1 saturated carbocycles. The third-order valence-corrected chi connectivity index (χ3v) is 5.99. The lowest BCUT2D eigenvalue weighted by molar-refractivity contribution is 0.134.